The second kappa shape index (κ2) is 4.43. The summed E-state index contributed by atoms with van der Waals surface area (Å²) in [5.74, 6) is -0.152. The highest BCUT2D eigenvalue weighted by atomic mass is 19.1. The standard InChI is InChI=1S/C12H15FN4O2/c13-9-8(3-6(4-18)11(9)19)17-5-16-10-7(17)1-2-15-12(10)14/h1-2,5-6,8-9,11,18-19H,3-4H2,(H2,14,15)/t6-,8-,9-,11-/m1/s1. The van der Waals surface area contributed by atoms with Gasteiger partial charge in [0.05, 0.1) is 24.0 Å². The number of fused-ring (bicyclic) bond motifs is 1. The molecule has 2 heterocycles. The quantitative estimate of drug-likeness (QED) is 0.724. The van der Waals surface area contributed by atoms with Gasteiger partial charge in [-0.1, -0.05) is 0 Å². The SMILES string of the molecule is Nc1nccc2c1ncn2[C@@H]1C[C@H](CO)[C@@H](O)[C@@H]1F. The minimum Gasteiger partial charge on any atom is -0.396 e. The summed E-state index contributed by atoms with van der Waals surface area (Å²) in [5, 5.41) is 18.9. The van der Waals surface area contributed by atoms with Crippen LogP contribution in [0.15, 0.2) is 18.6 Å². The van der Waals surface area contributed by atoms with Gasteiger partial charge < -0.3 is 20.5 Å². The van der Waals surface area contributed by atoms with E-state index in [9.17, 15) is 9.50 Å². The Bertz CT molecular complexity index is 602. The number of pyridine rings is 1. The molecule has 0 saturated heterocycles. The molecule has 2 aromatic rings. The summed E-state index contributed by atoms with van der Waals surface area (Å²) in [7, 11) is 0. The van der Waals surface area contributed by atoms with Gasteiger partial charge in [-0.25, -0.2) is 14.4 Å². The van der Waals surface area contributed by atoms with E-state index in [2.05, 4.69) is 9.97 Å². The van der Waals surface area contributed by atoms with Crippen LogP contribution in [0.4, 0.5) is 10.2 Å². The van der Waals surface area contributed by atoms with E-state index in [1.165, 1.54) is 12.5 Å². The van der Waals surface area contributed by atoms with Crippen LogP contribution in [0.2, 0.25) is 0 Å². The monoisotopic (exact) mass is 266 g/mol. The van der Waals surface area contributed by atoms with Crippen molar-refractivity contribution in [3.63, 3.8) is 0 Å². The second-order valence-corrected chi connectivity index (χ2v) is 4.90. The Morgan fingerprint density at radius 2 is 2.26 bits per heavy atom. The van der Waals surface area contributed by atoms with Crippen molar-refractivity contribution in [2.24, 2.45) is 5.92 Å². The molecule has 0 unspecified atom stereocenters. The lowest BCUT2D eigenvalue weighted by Gasteiger charge is -2.16. The van der Waals surface area contributed by atoms with E-state index in [0.717, 1.165) is 0 Å². The fraction of sp³-hybridized carbons (Fsp3) is 0.500. The summed E-state index contributed by atoms with van der Waals surface area (Å²) in [6.07, 6.45) is 0.840. The highest BCUT2D eigenvalue weighted by Gasteiger charge is 2.43. The van der Waals surface area contributed by atoms with E-state index in [0.29, 0.717) is 23.3 Å². The van der Waals surface area contributed by atoms with Crippen LogP contribution in [0.3, 0.4) is 0 Å². The van der Waals surface area contributed by atoms with Crippen LogP contribution < -0.4 is 5.73 Å². The number of nitrogens with zero attached hydrogens (tertiary/aromatic N) is 3. The molecule has 0 bridgehead atoms. The molecule has 0 aromatic carbocycles. The third-order valence-corrected chi connectivity index (χ3v) is 3.83. The third kappa shape index (κ3) is 1.77. The Hall–Kier alpha value is -1.73. The van der Waals surface area contributed by atoms with Crippen molar-refractivity contribution in [3.8, 4) is 0 Å². The van der Waals surface area contributed by atoms with Crippen LogP contribution in [0.1, 0.15) is 12.5 Å². The number of rotatable bonds is 2. The molecule has 19 heavy (non-hydrogen) atoms. The predicted octanol–water partition coefficient (Wildman–Crippen LogP) is 0.266. The van der Waals surface area contributed by atoms with Crippen molar-refractivity contribution in [1.82, 2.24) is 14.5 Å². The molecule has 2 aromatic heterocycles. The Morgan fingerprint density at radius 3 is 2.95 bits per heavy atom. The zero-order valence-electron chi connectivity index (χ0n) is 10.1. The van der Waals surface area contributed by atoms with Crippen LogP contribution in [0.5, 0.6) is 0 Å². The molecule has 3 rings (SSSR count). The third-order valence-electron chi connectivity index (χ3n) is 3.83. The van der Waals surface area contributed by atoms with Crippen molar-refractivity contribution in [1.29, 1.82) is 0 Å². The van der Waals surface area contributed by atoms with Crippen molar-refractivity contribution in [2.75, 3.05) is 12.3 Å². The number of nitrogens with two attached hydrogens (primary N) is 1. The minimum atomic E-state index is -1.43. The van der Waals surface area contributed by atoms with E-state index < -0.39 is 24.2 Å². The smallest absolute Gasteiger partial charge is 0.151 e. The van der Waals surface area contributed by atoms with Crippen LogP contribution in [-0.4, -0.2) is 43.6 Å². The van der Waals surface area contributed by atoms with Gasteiger partial charge in [0.1, 0.15) is 11.7 Å². The first-order chi connectivity index (χ1) is 9.13. The molecular formula is C12H15FN4O2. The van der Waals surface area contributed by atoms with E-state index in [1.807, 2.05) is 0 Å². The van der Waals surface area contributed by atoms with Crippen molar-refractivity contribution in [2.45, 2.75) is 24.7 Å². The molecule has 0 amide bonds. The van der Waals surface area contributed by atoms with Gasteiger partial charge in [0.25, 0.3) is 0 Å². The highest BCUT2D eigenvalue weighted by molar-refractivity contribution is 5.84. The number of halogens is 1. The lowest BCUT2D eigenvalue weighted by atomic mass is 10.1. The van der Waals surface area contributed by atoms with Gasteiger partial charge in [-0.3, -0.25) is 0 Å². The minimum absolute atomic E-state index is 0.228. The maximum atomic E-state index is 14.2. The van der Waals surface area contributed by atoms with Gasteiger partial charge in [-0.2, -0.15) is 0 Å². The van der Waals surface area contributed by atoms with Crippen molar-refractivity contribution in [3.05, 3.63) is 18.6 Å². The Labute approximate surface area is 108 Å². The normalized spacial score (nSPS) is 31.1. The fourth-order valence-corrected chi connectivity index (χ4v) is 2.76. The first kappa shape index (κ1) is 12.3. The van der Waals surface area contributed by atoms with E-state index >= 15 is 0 Å². The number of imidazole rings is 1. The molecular weight excluding hydrogens is 251 g/mol. The molecule has 102 valence electrons. The summed E-state index contributed by atoms with van der Waals surface area (Å²) in [6.45, 7) is -0.228. The Kier molecular flexibility index (Phi) is 2.87. The van der Waals surface area contributed by atoms with Crippen LogP contribution in [0, 0.1) is 5.92 Å². The van der Waals surface area contributed by atoms with Crippen molar-refractivity contribution >= 4 is 16.9 Å². The van der Waals surface area contributed by atoms with E-state index in [-0.39, 0.29) is 6.61 Å². The molecule has 1 fully saturated rings. The molecule has 4 N–H and O–H groups in total. The number of hydrogen-bond donors (Lipinski definition) is 3. The molecule has 1 aliphatic carbocycles. The summed E-state index contributed by atoms with van der Waals surface area (Å²) >= 11 is 0. The van der Waals surface area contributed by atoms with Gasteiger partial charge >= 0.3 is 0 Å². The number of aliphatic hydroxyl groups is 2. The first-order valence-electron chi connectivity index (χ1n) is 6.13. The second-order valence-electron chi connectivity index (χ2n) is 4.90. The number of nitrogen functional groups attached to an aromatic ring is 1. The van der Waals surface area contributed by atoms with Gasteiger partial charge in [0, 0.05) is 18.7 Å². The number of aliphatic hydroxyl groups excluding tert-OH is 2. The molecule has 6 nitrogen and oxygen atoms in total. The number of hydrogen-bond acceptors (Lipinski definition) is 5. The fourth-order valence-electron chi connectivity index (χ4n) is 2.76. The van der Waals surface area contributed by atoms with E-state index in [1.54, 1.807) is 10.6 Å². The molecule has 1 saturated carbocycles. The van der Waals surface area contributed by atoms with Crippen LogP contribution in [-0.2, 0) is 0 Å². The lowest BCUT2D eigenvalue weighted by molar-refractivity contribution is 0.0401. The van der Waals surface area contributed by atoms with Gasteiger partial charge in [-0.05, 0) is 12.5 Å². The number of aromatic nitrogens is 3. The summed E-state index contributed by atoms with van der Waals surface area (Å²) in [4.78, 5) is 8.07. The maximum absolute atomic E-state index is 14.2. The maximum Gasteiger partial charge on any atom is 0.151 e. The van der Waals surface area contributed by atoms with Crippen LogP contribution in [0.25, 0.3) is 11.0 Å². The molecule has 4 atom stereocenters. The zero-order valence-corrected chi connectivity index (χ0v) is 10.1. The first-order valence-corrected chi connectivity index (χ1v) is 6.13. The van der Waals surface area contributed by atoms with Crippen molar-refractivity contribution < 1.29 is 14.6 Å². The average molecular weight is 266 g/mol. The summed E-state index contributed by atoms with van der Waals surface area (Å²) in [6, 6.07) is 1.17. The number of anilines is 1. The molecule has 7 heteroatoms. The Balaban J connectivity index is 2.04. The lowest BCUT2D eigenvalue weighted by Crippen LogP contribution is -2.26. The predicted molar refractivity (Wildman–Crippen MR) is 67.1 cm³/mol. The van der Waals surface area contributed by atoms with E-state index in [4.69, 9.17) is 10.8 Å². The molecule has 1 aliphatic rings. The topological polar surface area (TPSA) is 97.2 Å². The molecule has 0 radical (unpaired) electrons. The van der Waals surface area contributed by atoms with Gasteiger partial charge in [0.2, 0.25) is 0 Å². The number of alkyl halides is 1. The van der Waals surface area contributed by atoms with Gasteiger partial charge in [-0.15, -0.1) is 0 Å². The molecule has 0 aliphatic heterocycles. The van der Waals surface area contributed by atoms with Crippen LogP contribution >= 0.6 is 0 Å². The summed E-state index contributed by atoms with van der Waals surface area (Å²) in [5.41, 5.74) is 6.92. The van der Waals surface area contributed by atoms with Gasteiger partial charge in [0.15, 0.2) is 5.82 Å². The Morgan fingerprint density at radius 1 is 1.47 bits per heavy atom. The largest absolute Gasteiger partial charge is 0.396 e. The molecule has 0 spiro atoms. The zero-order chi connectivity index (χ0) is 13.6. The summed E-state index contributed by atoms with van der Waals surface area (Å²) < 4.78 is 15.8. The highest BCUT2D eigenvalue weighted by Crippen LogP contribution is 2.38. The average Bonchev–Trinajstić information content (AvgIpc) is 2.94.